The lowest BCUT2D eigenvalue weighted by Gasteiger charge is -2.46. The molecule has 1 rings (SSSR count). The molecule has 4 heteroatoms. The van der Waals surface area contributed by atoms with E-state index in [9.17, 15) is 4.79 Å². The summed E-state index contributed by atoms with van der Waals surface area (Å²) in [6, 6.07) is 9.93. The quantitative estimate of drug-likeness (QED) is 0.804. The molecule has 0 aliphatic carbocycles. The first-order chi connectivity index (χ1) is 9.54. The SMILES string of the molecule is CC(ON(C(C)(C)C)C(C)(C)CC(=O)O)c1ccccc1. The Morgan fingerprint density at radius 3 is 2.14 bits per heavy atom. The highest BCUT2D eigenvalue weighted by Gasteiger charge is 2.39. The first kappa shape index (κ1) is 17.7. The maximum absolute atomic E-state index is 11.1. The molecule has 1 unspecified atom stereocenters. The zero-order valence-electron chi connectivity index (χ0n) is 13.9. The summed E-state index contributed by atoms with van der Waals surface area (Å²) in [6.45, 7) is 11.8. The number of hydrogen-bond acceptors (Lipinski definition) is 3. The van der Waals surface area contributed by atoms with Crippen molar-refractivity contribution in [1.29, 1.82) is 0 Å². The number of carboxylic acids is 1. The molecule has 0 aliphatic rings. The van der Waals surface area contributed by atoms with E-state index >= 15 is 0 Å². The van der Waals surface area contributed by atoms with E-state index in [0.717, 1.165) is 5.56 Å². The van der Waals surface area contributed by atoms with Gasteiger partial charge in [-0.15, -0.1) is 0 Å². The summed E-state index contributed by atoms with van der Waals surface area (Å²) in [5.74, 6) is -0.829. The highest BCUT2D eigenvalue weighted by molar-refractivity contribution is 5.68. The van der Waals surface area contributed by atoms with Crippen molar-refractivity contribution in [3.63, 3.8) is 0 Å². The van der Waals surface area contributed by atoms with E-state index in [-0.39, 0.29) is 18.1 Å². The minimum Gasteiger partial charge on any atom is -0.481 e. The number of carbonyl (C=O) groups is 1. The molecular weight excluding hydrogens is 266 g/mol. The van der Waals surface area contributed by atoms with Gasteiger partial charge in [-0.25, -0.2) is 0 Å². The fourth-order valence-corrected chi connectivity index (χ4v) is 2.59. The van der Waals surface area contributed by atoms with Crippen LogP contribution in [0.1, 0.15) is 59.6 Å². The largest absolute Gasteiger partial charge is 0.481 e. The van der Waals surface area contributed by atoms with Gasteiger partial charge >= 0.3 is 5.97 Å². The summed E-state index contributed by atoms with van der Waals surface area (Å²) in [4.78, 5) is 17.3. The predicted octanol–water partition coefficient (Wildman–Crippen LogP) is 4.03. The summed E-state index contributed by atoms with van der Waals surface area (Å²) < 4.78 is 0. The third-order valence-electron chi connectivity index (χ3n) is 3.28. The molecule has 0 saturated heterocycles. The van der Waals surface area contributed by atoms with E-state index in [0.29, 0.717) is 0 Å². The van der Waals surface area contributed by atoms with Crippen LogP contribution in [0, 0.1) is 0 Å². The maximum atomic E-state index is 11.1. The number of rotatable bonds is 6. The standard InChI is InChI=1S/C17H27NO3/c1-13(14-10-8-7-9-11-14)21-18(16(2,3)4)17(5,6)12-15(19)20/h7-11,13H,12H2,1-6H3,(H,19,20). The number of hydrogen-bond donors (Lipinski definition) is 1. The van der Waals surface area contributed by atoms with Crippen molar-refractivity contribution in [2.45, 2.75) is 65.1 Å². The maximum Gasteiger partial charge on any atom is 0.305 e. The Morgan fingerprint density at radius 1 is 1.19 bits per heavy atom. The van der Waals surface area contributed by atoms with Gasteiger partial charge in [0.15, 0.2) is 0 Å². The van der Waals surface area contributed by atoms with E-state index in [1.54, 1.807) is 0 Å². The van der Waals surface area contributed by atoms with Crippen molar-refractivity contribution in [2.75, 3.05) is 0 Å². The molecule has 1 N–H and O–H groups in total. The van der Waals surface area contributed by atoms with Gasteiger partial charge in [0.2, 0.25) is 0 Å². The zero-order chi connectivity index (χ0) is 16.3. The predicted molar refractivity (Wildman–Crippen MR) is 83.9 cm³/mol. The molecule has 1 aromatic carbocycles. The lowest BCUT2D eigenvalue weighted by Crippen LogP contribution is -2.55. The van der Waals surface area contributed by atoms with Gasteiger partial charge in [0.05, 0.1) is 12.0 Å². The molecule has 0 amide bonds. The molecule has 21 heavy (non-hydrogen) atoms. The highest BCUT2D eigenvalue weighted by atomic mass is 16.7. The minimum atomic E-state index is -0.829. The first-order valence-electron chi connectivity index (χ1n) is 7.28. The van der Waals surface area contributed by atoms with Crippen molar-refractivity contribution in [1.82, 2.24) is 5.06 Å². The lowest BCUT2D eigenvalue weighted by molar-refractivity contribution is -0.287. The second-order valence-corrected chi connectivity index (χ2v) is 7.01. The van der Waals surface area contributed by atoms with Gasteiger partial charge in [0.25, 0.3) is 0 Å². The molecule has 1 aromatic rings. The van der Waals surface area contributed by atoms with Gasteiger partial charge < -0.3 is 5.11 Å². The van der Waals surface area contributed by atoms with Crippen molar-refractivity contribution in [3.05, 3.63) is 35.9 Å². The smallest absolute Gasteiger partial charge is 0.305 e. The second kappa shape index (κ2) is 6.58. The van der Waals surface area contributed by atoms with Crippen LogP contribution < -0.4 is 0 Å². The van der Waals surface area contributed by atoms with Gasteiger partial charge in [0, 0.05) is 5.54 Å². The molecule has 0 aliphatic heterocycles. The van der Waals surface area contributed by atoms with E-state index < -0.39 is 11.5 Å². The van der Waals surface area contributed by atoms with Crippen LogP contribution in [0.4, 0.5) is 0 Å². The third-order valence-corrected chi connectivity index (χ3v) is 3.28. The molecule has 0 saturated carbocycles. The molecule has 0 bridgehead atoms. The van der Waals surface area contributed by atoms with Crippen LogP contribution in [0.15, 0.2) is 30.3 Å². The molecular formula is C17H27NO3. The molecule has 118 valence electrons. The van der Waals surface area contributed by atoms with E-state index in [4.69, 9.17) is 9.94 Å². The van der Waals surface area contributed by atoms with Gasteiger partial charge in [-0.05, 0) is 47.1 Å². The van der Waals surface area contributed by atoms with Crippen molar-refractivity contribution < 1.29 is 14.7 Å². The van der Waals surface area contributed by atoms with Gasteiger partial charge in [-0.3, -0.25) is 9.63 Å². The van der Waals surface area contributed by atoms with Gasteiger partial charge in [-0.2, -0.15) is 5.06 Å². The Labute approximate surface area is 127 Å². The summed E-state index contributed by atoms with van der Waals surface area (Å²) in [5.41, 5.74) is 0.160. The van der Waals surface area contributed by atoms with Crippen LogP contribution in [0.25, 0.3) is 0 Å². The van der Waals surface area contributed by atoms with Gasteiger partial charge in [-0.1, -0.05) is 30.3 Å². The summed E-state index contributed by atoms with van der Waals surface area (Å²) in [7, 11) is 0. The van der Waals surface area contributed by atoms with E-state index in [1.165, 1.54) is 0 Å². The zero-order valence-corrected chi connectivity index (χ0v) is 13.9. The fourth-order valence-electron chi connectivity index (χ4n) is 2.59. The highest BCUT2D eigenvalue weighted by Crippen LogP contribution is 2.32. The number of hydroxylamine groups is 2. The first-order valence-corrected chi connectivity index (χ1v) is 7.28. The number of nitrogens with zero attached hydrogens (tertiary/aromatic N) is 1. The monoisotopic (exact) mass is 293 g/mol. The molecule has 0 aromatic heterocycles. The number of aliphatic carboxylic acids is 1. The van der Waals surface area contributed by atoms with Crippen molar-refractivity contribution in [3.8, 4) is 0 Å². The van der Waals surface area contributed by atoms with Crippen molar-refractivity contribution >= 4 is 5.97 Å². The van der Waals surface area contributed by atoms with E-state index in [2.05, 4.69) is 0 Å². The molecule has 0 radical (unpaired) electrons. The van der Waals surface area contributed by atoms with Crippen LogP contribution >= 0.6 is 0 Å². The average molecular weight is 293 g/mol. The molecule has 0 heterocycles. The van der Waals surface area contributed by atoms with Crippen LogP contribution in [0.3, 0.4) is 0 Å². The van der Waals surface area contributed by atoms with Crippen LogP contribution in [0.5, 0.6) is 0 Å². The Hall–Kier alpha value is -1.39. The Kier molecular flexibility index (Phi) is 5.54. The topological polar surface area (TPSA) is 49.8 Å². The second-order valence-electron chi connectivity index (χ2n) is 7.01. The van der Waals surface area contributed by atoms with E-state index in [1.807, 2.05) is 76.9 Å². The summed E-state index contributed by atoms with van der Waals surface area (Å²) >= 11 is 0. The van der Waals surface area contributed by atoms with Crippen LogP contribution in [-0.4, -0.2) is 27.2 Å². The molecule has 0 fully saturated rings. The molecule has 1 atom stereocenters. The number of carboxylic acid groups (broad SMARTS) is 1. The molecule has 4 nitrogen and oxygen atoms in total. The number of benzene rings is 1. The van der Waals surface area contributed by atoms with Crippen molar-refractivity contribution in [2.24, 2.45) is 0 Å². The minimum absolute atomic E-state index is 0.0196. The Balaban J connectivity index is 2.97. The molecule has 0 spiro atoms. The van der Waals surface area contributed by atoms with Crippen LogP contribution in [0.2, 0.25) is 0 Å². The lowest BCUT2D eigenvalue weighted by atomic mass is 9.94. The normalized spacial score (nSPS) is 14.2. The Morgan fingerprint density at radius 2 is 1.71 bits per heavy atom. The third kappa shape index (κ3) is 5.14. The summed E-state index contributed by atoms with van der Waals surface area (Å²) in [6.07, 6.45) is -0.121. The average Bonchev–Trinajstić information content (AvgIpc) is 2.33. The Bertz CT molecular complexity index is 463. The van der Waals surface area contributed by atoms with Gasteiger partial charge in [0.1, 0.15) is 6.10 Å². The summed E-state index contributed by atoms with van der Waals surface area (Å²) in [5, 5.41) is 10.9. The fraction of sp³-hybridized carbons (Fsp3) is 0.588. The van der Waals surface area contributed by atoms with Crippen LogP contribution in [-0.2, 0) is 9.63 Å².